The summed E-state index contributed by atoms with van der Waals surface area (Å²) in [6, 6.07) is 15.5. The third-order valence-corrected chi connectivity index (χ3v) is 9.36. The van der Waals surface area contributed by atoms with Crippen LogP contribution in [0.3, 0.4) is 0 Å². The summed E-state index contributed by atoms with van der Waals surface area (Å²) < 4.78 is 63.3. The summed E-state index contributed by atoms with van der Waals surface area (Å²) in [5.74, 6) is -4.11. The van der Waals surface area contributed by atoms with Crippen LogP contribution in [0.2, 0.25) is 0 Å². The smallest absolute Gasteiger partial charge is 0.490 e. The van der Waals surface area contributed by atoms with Gasteiger partial charge in [0, 0.05) is 52.8 Å². The van der Waals surface area contributed by atoms with Crippen LogP contribution in [0.5, 0.6) is 5.75 Å². The van der Waals surface area contributed by atoms with E-state index in [1.807, 2.05) is 93.6 Å². The Morgan fingerprint density at radius 2 is 1.67 bits per heavy atom. The minimum absolute atomic E-state index is 0.269. The zero-order chi connectivity index (χ0) is 40.1. The maximum Gasteiger partial charge on any atom is 0.490 e. The highest BCUT2D eigenvalue weighted by atomic mass is 19.4. The third-order valence-electron chi connectivity index (χ3n) is 9.36. The van der Waals surface area contributed by atoms with Crippen LogP contribution in [0.15, 0.2) is 54.7 Å². The van der Waals surface area contributed by atoms with E-state index >= 15 is 4.39 Å². The van der Waals surface area contributed by atoms with Gasteiger partial charge in [0.2, 0.25) is 0 Å². The van der Waals surface area contributed by atoms with Gasteiger partial charge in [0.25, 0.3) is 0 Å². The zero-order valence-corrected chi connectivity index (χ0v) is 31.2. The average Bonchev–Trinajstić information content (AvgIpc) is 3.66. The first kappa shape index (κ1) is 38.9. The van der Waals surface area contributed by atoms with Crippen molar-refractivity contribution < 1.29 is 46.8 Å². The van der Waals surface area contributed by atoms with Gasteiger partial charge in [0.1, 0.15) is 5.65 Å². The van der Waals surface area contributed by atoms with E-state index in [1.54, 1.807) is 6.92 Å². The van der Waals surface area contributed by atoms with Gasteiger partial charge in [-0.15, -0.1) is 0 Å². The third kappa shape index (κ3) is 7.61. The molecule has 2 N–H and O–H groups in total. The molecule has 0 bridgehead atoms. The summed E-state index contributed by atoms with van der Waals surface area (Å²) >= 11 is 0. The number of benzene rings is 2. The molecule has 2 aromatic carbocycles. The van der Waals surface area contributed by atoms with Gasteiger partial charge in [-0.1, -0.05) is 12.1 Å². The Balaban J connectivity index is 0.000000672. The van der Waals surface area contributed by atoms with E-state index in [-0.39, 0.29) is 5.75 Å². The van der Waals surface area contributed by atoms with E-state index in [4.69, 9.17) is 29.3 Å². The molecule has 6 aromatic rings. The van der Waals surface area contributed by atoms with Crippen LogP contribution < -0.4 is 4.74 Å². The predicted molar refractivity (Wildman–Crippen MR) is 197 cm³/mol. The van der Waals surface area contributed by atoms with E-state index in [0.717, 1.165) is 45.4 Å². The average molecular weight is 762 g/mol. The fourth-order valence-electron chi connectivity index (χ4n) is 6.88. The molecule has 7 rings (SSSR count). The molecule has 1 aliphatic rings. The van der Waals surface area contributed by atoms with E-state index in [1.165, 1.54) is 6.07 Å². The SMILES string of the molecule is Cc1nc2c(cc(-c3cccc(-c4ccc5c(cnn5C)c4)n3)n2C)c(-c2cc(F)c3c(c2C)CCCO3)c1[C@H](OC(C)(C)C)C(=O)O.O=C(O)C(F)(F)F. The number of pyridine rings is 2. The van der Waals surface area contributed by atoms with Crippen LogP contribution in [0.1, 0.15) is 55.7 Å². The highest BCUT2D eigenvalue weighted by Gasteiger charge is 2.38. The summed E-state index contributed by atoms with van der Waals surface area (Å²) in [5, 5.41) is 23.7. The molecule has 1 aliphatic heterocycles. The molecule has 0 saturated heterocycles. The second-order valence-electron chi connectivity index (χ2n) is 14.3. The van der Waals surface area contributed by atoms with Gasteiger partial charge in [0.05, 0.1) is 41.0 Å². The lowest BCUT2D eigenvalue weighted by Gasteiger charge is -2.29. The van der Waals surface area contributed by atoms with Crippen molar-refractivity contribution >= 4 is 33.9 Å². The minimum atomic E-state index is -5.08. The number of alkyl halides is 3. The van der Waals surface area contributed by atoms with E-state index < -0.39 is 35.6 Å². The molecule has 0 saturated carbocycles. The van der Waals surface area contributed by atoms with Gasteiger partial charge < -0.3 is 24.3 Å². The van der Waals surface area contributed by atoms with E-state index in [9.17, 15) is 23.1 Å². The van der Waals surface area contributed by atoms with Gasteiger partial charge in [-0.05, 0) is 95.0 Å². The molecule has 55 heavy (non-hydrogen) atoms. The summed E-state index contributed by atoms with van der Waals surface area (Å²) in [4.78, 5) is 31.8. The maximum absolute atomic E-state index is 15.8. The Bertz CT molecular complexity index is 2480. The molecule has 288 valence electrons. The van der Waals surface area contributed by atoms with E-state index in [0.29, 0.717) is 52.1 Å². The molecular weight excluding hydrogens is 722 g/mol. The van der Waals surface area contributed by atoms with Crippen molar-refractivity contribution in [3.63, 3.8) is 0 Å². The summed E-state index contributed by atoms with van der Waals surface area (Å²) in [6.07, 6.45) is -3.16. The first-order valence-corrected chi connectivity index (χ1v) is 17.3. The number of hydrogen-bond donors (Lipinski definition) is 2. The molecule has 4 aromatic heterocycles. The van der Waals surface area contributed by atoms with Crippen molar-refractivity contribution in [1.29, 1.82) is 0 Å². The zero-order valence-electron chi connectivity index (χ0n) is 31.2. The lowest BCUT2D eigenvalue weighted by atomic mass is 9.86. The summed E-state index contributed by atoms with van der Waals surface area (Å²) in [7, 11) is 3.83. The minimum Gasteiger partial charge on any atom is -0.490 e. The number of ether oxygens (including phenoxy) is 2. The van der Waals surface area contributed by atoms with Gasteiger partial charge in [0.15, 0.2) is 17.7 Å². The molecule has 11 nitrogen and oxygen atoms in total. The molecule has 1 atom stereocenters. The summed E-state index contributed by atoms with van der Waals surface area (Å²) in [6.45, 7) is 9.63. The van der Waals surface area contributed by atoms with Gasteiger partial charge in [-0.3, -0.25) is 4.68 Å². The Morgan fingerprint density at radius 1 is 0.982 bits per heavy atom. The molecule has 0 unspecified atom stereocenters. The van der Waals surface area contributed by atoms with Crippen molar-refractivity contribution in [2.75, 3.05) is 6.61 Å². The van der Waals surface area contributed by atoms with Crippen LogP contribution in [0.25, 0.3) is 55.7 Å². The van der Waals surface area contributed by atoms with Crippen LogP contribution in [-0.2, 0) is 34.8 Å². The molecule has 0 fully saturated rings. The van der Waals surface area contributed by atoms with E-state index in [2.05, 4.69) is 11.2 Å². The van der Waals surface area contributed by atoms with Crippen molar-refractivity contribution in [1.82, 2.24) is 24.3 Å². The quantitative estimate of drug-likeness (QED) is 0.160. The second kappa shape index (κ2) is 14.4. The normalized spacial score (nSPS) is 13.6. The maximum atomic E-state index is 15.8. The van der Waals surface area contributed by atoms with Gasteiger partial charge >= 0.3 is 18.1 Å². The highest BCUT2D eigenvalue weighted by Crippen LogP contribution is 2.45. The summed E-state index contributed by atoms with van der Waals surface area (Å²) in [5.41, 5.74) is 7.82. The van der Waals surface area contributed by atoms with Gasteiger partial charge in [-0.25, -0.2) is 23.9 Å². The number of halogens is 4. The van der Waals surface area contributed by atoms with Crippen molar-refractivity contribution in [3.8, 4) is 39.5 Å². The number of aromatic nitrogens is 5. The number of hydrogen-bond acceptors (Lipinski definition) is 7. The number of carboxylic acids is 2. The number of aryl methyl sites for hydroxylation is 3. The lowest BCUT2D eigenvalue weighted by molar-refractivity contribution is -0.192. The second-order valence-corrected chi connectivity index (χ2v) is 14.3. The standard InChI is InChI=1S/C38H38FN5O4.C2HF3O2/c1-20-24-10-9-15-47-34(24)27(39)17-25(20)33-26-18-31(43(6)36(26)41-21(2)32(33)35(37(45)46)48-38(3,4)5)29-12-8-11-28(42-29)22-13-14-30-23(16-22)19-40-44(30)7;3-2(4,5)1(6)7/h8,11-14,16-19,35H,9-10,15H2,1-7H3,(H,45,46);(H,6,7)/t35-;/m0./s1. The molecule has 0 radical (unpaired) electrons. The highest BCUT2D eigenvalue weighted by molar-refractivity contribution is 6.01. The van der Waals surface area contributed by atoms with Crippen molar-refractivity contribution in [2.24, 2.45) is 14.1 Å². The predicted octanol–water partition coefficient (Wildman–Crippen LogP) is 8.51. The van der Waals surface area contributed by atoms with Crippen LogP contribution in [0.4, 0.5) is 17.6 Å². The number of carbonyl (C=O) groups is 2. The lowest BCUT2D eigenvalue weighted by Crippen LogP contribution is -2.28. The molecule has 5 heterocycles. The first-order valence-electron chi connectivity index (χ1n) is 17.3. The topological polar surface area (TPSA) is 142 Å². The Kier molecular flexibility index (Phi) is 10.2. The van der Waals surface area contributed by atoms with Crippen LogP contribution >= 0.6 is 0 Å². The number of aliphatic carboxylic acids is 2. The Hall–Kier alpha value is -5.83. The largest absolute Gasteiger partial charge is 0.490 e. The molecular formula is C40H39F4N5O6. The number of fused-ring (bicyclic) bond motifs is 3. The molecule has 0 amide bonds. The van der Waals surface area contributed by atoms with Crippen molar-refractivity contribution in [2.45, 2.75) is 65.3 Å². The monoisotopic (exact) mass is 761 g/mol. The Labute approximate surface area is 313 Å². The first-order chi connectivity index (χ1) is 25.8. The number of rotatable bonds is 6. The van der Waals surface area contributed by atoms with Crippen LogP contribution in [0, 0.1) is 19.7 Å². The fraction of sp³-hybridized carbons (Fsp3) is 0.325. The van der Waals surface area contributed by atoms with Crippen molar-refractivity contribution in [3.05, 3.63) is 82.9 Å². The molecule has 0 spiro atoms. The molecule has 15 heteroatoms. The fourth-order valence-corrected chi connectivity index (χ4v) is 6.88. The Morgan fingerprint density at radius 3 is 2.33 bits per heavy atom. The van der Waals surface area contributed by atoms with Gasteiger partial charge in [-0.2, -0.15) is 18.3 Å². The molecule has 0 aliphatic carbocycles. The number of nitrogens with zero attached hydrogens (tertiary/aromatic N) is 5. The number of carboxylic acid groups (broad SMARTS) is 2. The van der Waals surface area contributed by atoms with Crippen LogP contribution in [-0.4, -0.2) is 64.9 Å².